The summed E-state index contributed by atoms with van der Waals surface area (Å²) in [5.74, 6) is -0.641. The van der Waals surface area contributed by atoms with Crippen LogP contribution in [-0.2, 0) is 15.8 Å². The summed E-state index contributed by atoms with van der Waals surface area (Å²) in [4.78, 5) is 6.44. The zero-order valence-electron chi connectivity index (χ0n) is 12.5. The van der Waals surface area contributed by atoms with E-state index in [0.717, 1.165) is 24.5 Å². The molecule has 124 valence electrons. The van der Waals surface area contributed by atoms with Crippen LogP contribution in [0.3, 0.4) is 0 Å². The molecule has 0 amide bonds. The van der Waals surface area contributed by atoms with Gasteiger partial charge >= 0.3 is 0 Å². The van der Waals surface area contributed by atoms with Gasteiger partial charge in [-0.1, -0.05) is 12.1 Å². The highest BCUT2D eigenvalue weighted by atomic mass is 32.2. The predicted octanol–water partition coefficient (Wildman–Crippen LogP) is 2.37. The van der Waals surface area contributed by atoms with E-state index in [1.165, 1.54) is 18.2 Å². The minimum absolute atomic E-state index is 0.114. The largest absolute Gasteiger partial charge is 0.344 e. The Morgan fingerprint density at radius 3 is 3.04 bits per heavy atom. The molecule has 1 atom stereocenters. The van der Waals surface area contributed by atoms with Crippen LogP contribution < -0.4 is 9.62 Å². The molecular weight excluding hydrogens is 337 g/mol. The first-order chi connectivity index (χ1) is 11.0. The van der Waals surface area contributed by atoms with Gasteiger partial charge in [0, 0.05) is 30.7 Å². The summed E-state index contributed by atoms with van der Waals surface area (Å²) >= 11 is 1.56. The molecule has 1 unspecified atom stereocenters. The number of halogens is 1. The first-order valence-electron chi connectivity index (χ1n) is 7.41. The number of anilines is 1. The maximum Gasteiger partial charge on any atom is 0.215 e. The van der Waals surface area contributed by atoms with E-state index in [-0.39, 0.29) is 11.8 Å². The summed E-state index contributed by atoms with van der Waals surface area (Å²) < 4.78 is 40.2. The van der Waals surface area contributed by atoms with E-state index in [4.69, 9.17) is 0 Å². The van der Waals surface area contributed by atoms with Gasteiger partial charge in [-0.2, -0.15) is 0 Å². The van der Waals surface area contributed by atoms with Crippen LogP contribution in [0, 0.1) is 5.82 Å². The fourth-order valence-corrected chi connectivity index (χ4v) is 4.69. The molecule has 1 aromatic carbocycles. The predicted molar refractivity (Wildman–Crippen MR) is 89.5 cm³/mol. The molecule has 5 nitrogen and oxygen atoms in total. The van der Waals surface area contributed by atoms with Gasteiger partial charge in [0.05, 0.1) is 5.75 Å². The van der Waals surface area contributed by atoms with Gasteiger partial charge in [0.2, 0.25) is 10.0 Å². The normalized spacial score (nSPS) is 18.5. The van der Waals surface area contributed by atoms with Crippen LogP contribution >= 0.6 is 11.3 Å². The lowest BCUT2D eigenvalue weighted by Gasteiger charge is -2.24. The van der Waals surface area contributed by atoms with E-state index in [2.05, 4.69) is 14.6 Å². The van der Waals surface area contributed by atoms with Crippen molar-refractivity contribution in [3.05, 3.63) is 47.2 Å². The second kappa shape index (κ2) is 6.94. The van der Waals surface area contributed by atoms with Gasteiger partial charge in [0.1, 0.15) is 5.82 Å². The van der Waals surface area contributed by atoms with Crippen molar-refractivity contribution in [1.29, 1.82) is 0 Å². The zero-order valence-corrected chi connectivity index (χ0v) is 14.1. The van der Waals surface area contributed by atoms with E-state index in [9.17, 15) is 12.8 Å². The van der Waals surface area contributed by atoms with Gasteiger partial charge in [0.15, 0.2) is 5.13 Å². The standard InChI is InChI=1S/C15H18FN3O2S2/c16-13-4-1-3-12(9-13)11-23(20,21)18-10-14-5-2-7-19(14)15-17-6-8-22-15/h1,3-4,6,8-9,14,18H,2,5,7,10-11H2. The fourth-order valence-electron chi connectivity index (χ4n) is 2.78. The Labute approximate surface area is 139 Å². The number of nitrogens with zero attached hydrogens (tertiary/aromatic N) is 2. The Balaban J connectivity index is 1.60. The Bertz CT molecular complexity index is 750. The lowest BCUT2D eigenvalue weighted by atomic mass is 10.2. The Morgan fingerprint density at radius 1 is 1.43 bits per heavy atom. The Hall–Kier alpha value is -1.51. The van der Waals surface area contributed by atoms with Gasteiger partial charge in [-0.3, -0.25) is 0 Å². The summed E-state index contributed by atoms with van der Waals surface area (Å²) in [6.07, 6.45) is 3.71. The summed E-state index contributed by atoms with van der Waals surface area (Å²) in [6, 6.07) is 5.79. The number of hydrogen-bond acceptors (Lipinski definition) is 5. The first-order valence-corrected chi connectivity index (χ1v) is 9.95. The molecule has 1 aromatic heterocycles. The molecule has 3 rings (SSSR count). The fraction of sp³-hybridized carbons (Fsp3) is 0.400. The third kappa shape index (κ3) is 4.27. The summed E-state index contributed by atoms with van der Waals surface area (Å²) in [6.45, 7) is 1.24. The van der Waals surface area contributed by atoms with Crippen molar-refractivity contribution in [3.8, 4) is 0 Å². The minimum atomic E-state index is -3.49. The number of hydrogen-bond donors (Lipinski definition) is 1. The van der Waals surface area contributed by atoms with Crippen molar-refractivity contribution in [2.75, 3.05) is 18.0 Å². The van der Waals surface area contributed by atoms with Crippen molar-refractivity contribution < 1.29 is 12.8 Å². The van der Waals surface area contributed by atoms with Crippen LogP contribution in [-0.4, -0.2) is 32.5 Å². The van der Waals surface area contributed by atoms with Crippen LogP contribution in [0.15, 0.2) is 35.8 Å². The zero-order chi connectivity index (χ0) is 16.3. The van der Waals surface area contributed by atoms with E-state index < -0.39 is 15.8 Å². The number of thiazole rings is 1. The average molecular weight is 355 g/mol. The molecule has 0 aliphatic carbocycles. The molecule has 2 aromatic rings. The molecule has 2 heterocycles. The lowest BCUT2D eigenvalue weighted by Crippen LogP contribution is -2.40. The molecule has 1 aliphatic rings. The minimum Gasteiger partial charge on any atom is -0.344 e. The molecule has 23 heavy (non-hydrogen) atoms. The van der Waals surface area contributed by atoms with E-state index in [1.54, 1.807) is 23.6 Å². The van der Waals surface area contributed by atoms with Crippen molar-refractivity contribution in [2.24, 2.45) is 0 Å². The second-order valence-electron chi connectivity index (χ2n) is 5.54. The van der Waals surface area contributed by atoms with Crippen LogP contribution in [0.25, 0.3) is 0 Å². The molecule has 1 N–H and O–H groups in total. The molecule has 0 radical (unpaired) electrons. The number of nitrogens with one attached hydrogen (secondary N) is 1. The summed E-state index contributed by atoms with van der Waals surface area (Å²) in [5, 5.41) is 2.84. The Kier molecular flexibility index (Phi) is 4.93. The van der Waals surface area contributed by atoms with Gasteiger partial charge in [-0.15, -0.1) is 11.3 Å². The van der Waals surface area contributed by atoms with Crippen molar-refractivity contribution in [3.63, 3.8) is 0 Å². The van der Waals surface area contributed by atoms with Crippen LogP contribution in [0.2, 0.25) is 0 Å². The van der Waals surface area contributed by atoms with Crippen molar-refractivity contribution in [2.45, 2.75) is 24.6 Å². The second-order valence-corrected chi connectivity index (χ2v) is 8.22. The Morgan fingerprint density at radius 2 is 2.30 bits per heavy atom. The number of benzene rings is 1. The topological polar surface area (TPSA) is 62.3 Å². The molecule has 1 saturated heterocycles. The molecule has 0 bridgehead atoms. The molecule has 1 fully saturated rings. The average Bonchev–Trinajstić information content (AvgIpc) is 3.16. The molecule has 0 spiro atoms. The molecule has 0 saturated carbocycles. The van der Waals surface area contributed by atoms with Crippen LogP contribution in [0.1, 0.15) is 18.4 Å². The highest BCUT2D eigenvalue weighted by Crippen LogP contribution is 2.26. The maximum absolute atomic E-state index is 13.2. The summed E-state index contributed by atoms with van der Waals surface area (Å²) in [7, 11) is -3.49. The van der Waals surface area contributed by atoms with Crippen LogP contribution in [0.4, 0.5) is 9.52 Å². The lowest BCUT2D eigenvalue weighted by molar-refractivity contribution is 0.566. The maximum atomic E-state index is 13.2. The quantitative estimate of drug-likeness (QED) is 0.864. The highest BCUT2D eigenvalue weighted by molar-refractivity contribution is 7.88. The van der Waals surface area contributed by atoms with E-state index in [1.807, 2.05) is 5.38 Å². The monoisotopic (exact) mass is 355 g/mol. The van der Waals surface area contributed by atoms with Gasteiger partial charge in [-0.25, -0.2) is 22.5 Å². The first kappa shape index (κ1) is 16.4. The van der Waals surface area contributed by atoms with Gasteiger partial charge in [0.25, 0.3) is 0 Å². The van der Waals surface area contributed by atoms with Gasteiger partial charge in [-0.05, 0) is 30.5 Å². The third-order valence-corrected chi connectivity index (χ3v) is 5.96. The molecule has 8 heteroatoms. The SMILES string of the molecule is O=S(=O)(Cc1cccc(F)c1)NCC1CCCN1c1nccs1. The number of aromatic nitrogens is 1. The highest BCUT2D eigenvalue weighted by Gasteiger charge is 2.27. The van der Waals surface area contributed by atoms with E-state index >= 15 is 0 Å². The van der Waals surface area contributed by atoms with Crippen molar-refractivity contribution >= 4 is 26.5 Å². The number of rotatable bonds is 6. The van der Waals surface area contributed by atoms with E-state index in [0.29, 0.717) is 12.1 Å². The number of sulfonamides is 1. The van der Waals surface area contributed by atoms with Crippen LogP contribution in [0.5, 0.6) is 0 Å². The summed E-state index contributed by atoms with van der Waals surface area (Å²) in [5.41, 5.74) is 0.445. The smallest absolute Gasteiger partial charge is 0.215 e. The van der Waals surface area contributed by atoms with Gasteiger partial charge < -0.3 is 4.90 Å². The molecule has 1 aliphatic heterocycles. The molecular formula is C15H18FN3O2S2. The third-order valence-electron chi connectivity index (χ3n) is 3.83. The van der Waals surface area contributed by atoms with Crippen molar-refractivity contribution in [1.82, 2.24) is 9.71 Å².